The van der Waals surface area contributed by atoms with Crippen LogP contribution in [-0.4, -0.2) is 25.5 Å². The first-order chi connectivity index (χ1) is 16.7. The molecule has 0 fully saturated rings. The van der Waals surface area contributed by atoms with Crippen LogP contribution >= 0.6 is 0 Å². The largest absolute Gasteiger partial charge is 0.494 e. The van der Waals surface area contributed by atoms with E-state index in [1.165, 1.54) is 16.8 Å². The van der Waals surface area contributed by atoms with Crippen molar-refractivity contribution >= 4 is 32.3 Å². The molecule has 0 aliphatic carbocycles. The first-order valence-corrected chi connectivity index (χ1v) is 12.7. The number of pyridine rings is 1. The fourth-order valence-electron chi connectivity index (χ4n) is 3.81. The minimum absolute atomic E-state index is 0.0402. The van der Waals surface area contributed by atoms with Gasteiger partial charge in [-0.15, -0.1) is 0 Å². The van der Waals surface area contributed by atoms with Gasteiger partial charge in [0.05, 0.1) is 17.0 Å². The number of sulfone groups is 1. The molecule has 0 atom stereocenters. The molecule has 1 aromatic heterocycles. The van der Waals surface area contributed by atoms with Crippen LogP contribution in [0.15, 0.2) is 87.5 Å². The van der Waals surface area contributed by atoms with Crippen molar-refractivity contribution in [3.8, 4) is 5.75 Å². The Kier molecular flexibility index (Phi) is 6.75. The molecule has 0 saturated carbocycles. The van der Waals surface area contributed by atoms with E-state index in [0.29, 0.717) is 23.6 Å². The molecular formula is C27H26N2O5S. The summed E-state index contributed by atoms with van der Waals surface area (Å²) in [4.78, 5) is 25.7. The van der Waals surface area contributed by atoms with Gasteiger partial charge >= 0.3 is 0 Å². The summed E-state index contributed by atoms with van der Waals surface area (Å²) in [6.07, 6.45) is 1.26. The number of aryl methyl sites for hydroxylation is 2. The third-order valence-electron chi connectivity index (χ3n) is 5.80. The molecule has 0 spiro atoms. The molecule has 0 bridgehead atoms. The second kappa shape index (κ2) is 9.76. The van der Waals surface area contributed by atoms with Crippen molar-refractivity contribution in [1.82, 2.24) is 4.57 Å². The number of nitrogens with one attached hydrogen (secondary N) is 1. The molecule has 0 aliphatic rings. The first kappa shape index (κ1) is 24.2. The lowest BCUT2D eigenvalue weighted by molar-refractivity contribution is -0.116. The zero-order valence-electron chi connectivity index (χ0n) is 19.7. The predicted octanol–water partition coefficient (Wildman–Crippen LogP) is 4.49. The van der Waals surface area contributed by atoms with Crippen LogP contribution in [0.2, 0.25) is 0 Å². The van der Waals surface area contributed by atoms with Crippen molar-refractivity contribution in [3.05, 3.63) is 94.3 Å². The molecule has 1 N–H and O–H groups in total. The molecule has 4 rings (SSSR count). The summed E-state index contributed by atoms with van der Waals surface area (Å²) in [5, 5.41) is 3.03. The average molecular weight is 491 g/mol. The maximum absolute atomic E-state index is 13.5. The number of carbonyl (C=O) groups is 1. The Morgan fingerprint density at radius 3 is 2.37 bits per heavy atom. The van der Waals surface area contributed by atoms with Gasteiger partial charge in [-0.3, -0.25) is 9.59 Å². The molecule has 8 heteroatoms. The number of rotatable bonds is 7. The van der Waals surface area contributed by atoms with E-state index < -0.39 is 15.3 Å². The summed E-state index contributed by atoms with van der Waals surface area (Å²) >= 11 is 0. The molecule has 0 saturated heterocycles. The number of amides is 1. The number of fused-ring (bicyclic) bond motifs is 1. The van der Waals surface area contributed by atoms with Gasteiger partial charge in [-0.05, 0) is 80.4 Å². The molecule has 1 amide bonds. The Bertz CT molecular complexity index is 1570. The lowest BCUT2D eigenvalue weighted by Gasteiger charge is -2.14. The number of para-hydroxylation sites is 1. The molecule has 7 nitrogen and oxygen atoms in total. The van der Waals surface area contributed by atoms with E-state index in [1.807, 2.05) is 20.8 Å². The Morgan fingerprint density at radius 2 is 1.69 bits per heavy atom. The molecular weight excluding hydrogens is 464 g/mol. The van der Waals surface area contributed by atoms with Gasteiger partial charge in [-0.25, -0.2) is 8.42 Å². The van der Waals surface area contributed by atoms with Gasteiger partial charge in [0.1, 0.15) is 17.2 Å². The number of aromatic nitrogens is 1. The summed E-state index contributed by atoms with van der Waals surface area (Å²) in [5.74, 6) is 0.329. The molecule has 35 heavy (non-hydrogen) atoms. The number of nitrogens with zero attached hydrogens (tertiary/aromatic N) is 1. The zero-order valence-corrected chi connectivity index (χ0v) is 20.6. The highest BCUT2D eigenvalue weighted by Gasteiger charge is 2.24. The minimum atomic E-state index is -4.11. The maximum atomic E-state index is 13.5. The van der Waals surface area contributed by atoms with Crippen LogP contribution in [0, 0.1) is 13.8 Å². The van der Waals surface area contributed by atoms with Gasteiger partial charge in [-0.1, -0.05) is 18.2 Å². The van der Waals surface area contributed by atoms with E-state index in [9.17, 15) is 18.0 Å². The summed E-state index contributed by atoms with van der Waals surface area (Å²) < 4.78 is 33.8. The molecule has 3 aromatic carbocycles. The highest BCUT2D eigenvalue weighted by Crippen LogP contribution is 2.23. The third kappa shape index (κ3) is 4.97. The number of carbonyl (C=O) groups excluding carboxylic acids is 1. The fraction of sp³-hybridized carbons (Fsp3) is 0.185. The summed E-state index contributed by atoms with van der Waals surface area (Å²) in [5.41, 5.74) is 2.21. The van der Waals surface area contributed by atoms with E-state index in [2.05, 4.69) is 5.32 Å². The topological polar surface area (TPSA) is 94.5 Å². The fourth-order valence-corrected chi connectivity index (χ4v) is 5.26. The van der Waals surface area contributed by atoms with Crippen molar-refractivity contribution in [1.29, 1.82) is 0 Å². The van der Waals surface area contributed by atoms with Gasteiger partial charge in [0.2, 0.25) is 21.2 Å². The van der Waals surface area contributed by atoms with Gasteiger partial charge in [0, 0.05) is 17.3 Å². The molecule has 180 valence electrons. The Balaban J connectivity index is 1.73. The van der Waals surface area contributed by atoms with E-state index >= 15 is 0 Å². The molecule has 1 heterocycles. The van der Waals surface area contributed by atoms with Crippen LogP contribution in [-0.2, 0) is 21.2 Å². The summed E-state index contributed by atoms with van der Waals surface area (Å²) in [6, 6.07) is 18.4. The standard InChI is InChI=1S/C27H26N2O5S/c1-4-34-21-12-10-20(11-13-21)28-26(30)17-29-16-25(27(31)23-7-5-6-8-24(23)29)35(32,33)22-14-9-18(2)19(3)15-22/h5-16H,4,17H2,1-3H3,(H,28,30). The normalized spacial score (nSPS) is 11.4. The van der Waals surface area contributed by atoms with Gasteiger partial charge in [0.25, 0.3) is 0 Å². The molecule has 0 aliphatic heterocycles. The van der Waals surface area contributed by atoms with Crippen LogP contribution in [0.25, 0.3) is 10.9 Å². The zero-order chi connectivity index (χ0) is 25.2. The number of benzene rings is 3. The third-order valence-corrected chi connectivity index (χ3v) is 7.54. The van der Waals surface area contributed by atoms with Crippen LogP contribution in [0.4, 0.5) is 5.69 Å². The number of hydrogen-bond acceptors (Lipinski definition) is 5. The Hall–Kier alpha value is -3.91. The lowest BCUT2D eigenvalue weighted by atomic mass is 10.1. The number of anilines is 1. The second-order valence-electron chi connectivity index (χ2n) is 8.22. The van der Waals surface area contributed by atoms with Gasteiger partial charge in [0.15, 0.2) is 0 Å². The van der Waals surface area contributed by atoms with Crippen LogP contribution in [0.1, 0.15) is 18.1 Å². The van der Waals surface area contributed by atoms with Crippen LogP contribution < -0.4 is 15.5 Å². The predicted molar refractivity (Wildman–Crippen MR) is 136 cm³/mol. The van der Waals surface area contributed by atoms with Crippen molar-refractivity contribution in [2.75, 3.05) is 11.9 Å². The van der Waals surface area contributed by atoms with E-state index in [-0.39, 0.29) is 27.6 Å². The maximum Gasteiger partial charge on any atom is 0.244 e. The summed E-state index contributed by atoms with van der Waals surface area (Å²) in [7, 11) is -4.11. The van der Waals surface area contributed by atoms with Crippen LogP contribution in [0.3, 0.4) is 0 Å². The van der Waals surface area contributed by atoms with Crippen molar-refractivity contribution < 1.29 is 17.9 Å². The highest BCUT2D eigenvalue weighted by molar-refractivity contribution is 7.91. The number of ether oxygens (including phenoxy) is 1. The van der Waals surface area contributed by atoms with E-state index in [4.69, 9.17) is 4.74 Å². The van der Waals surface area contributed by atoms with Crippen molar-refractivity contribution in [3.63, 3.8) is 0 Å². The van der Waals surface area contributed by atoms with E-state index in [0.717, 1.165) is 11.1 Å². The second-order valence-corrected chi connectivity index (χ2v) is 10.1. The van der Waals surface area contributed by atoms with Crippen molar-refractivity contribution in [2.24, 2.45) is 0 Å². The quantitative estimate of drug-likeness (QED) is 0.412. The van der Waals surface area contributed by atoms with Crippen LogP contribution in [0.5, 0.6) is 5.75 Å². The summed E-state index contributed by atoms with van der Waals surface area (Å²) in [6.45, 7) is 5.96. The minimum Gasteiger partial charge on any atom is -0.494 e. The molecule has 4 aromatic rings. The van der Waals surface area contributed by atoms with Gasteiger partial charge in [-0.2, -0.15) is 0 Å². The Labute approximate surface area is 203 Å². The van der Waals surface area contributed by atoms with E-state index in [1.54, 1.807) is 60.7 Å². The van der Waals surface area contributed by atoms with Crippen molar-refractivity contribution in [2.45, 2.75) is 37.1 Å². The lowest BCUT2D eigenvalue weighted by Crippen LogP contribution is -2.24. The highest BCUT2D eigenvalue weighted by atomic mass is 32.2. The monoisotopic (exact) mass is 490 g/mol. The smallest absolute Gasteiger partial charge is 0.244 e. The Morgan fingerprint density at radius 1 is 0.971 bits per heavy atom. The molecule has 0 unspecified atom stereocenters. The molecule has 0 radical (unpaired) electrons. The first-order valence-electron chi connectivity index (χ1n) is 11.2. The SMILES string of the molecule is CCOc1ccc(NC(=O)Cn2cc(S(=O)(=O)c3ccc(C)c(C)c3)c(=O)c3ccccc32)cc1. The number of hydrogen-bond donors (Lipinski definition) is 1. The average Bonchev–Trinajstić information content (AvgIpc) is 2.84. The van der Waals surface area contributed by atoms with Gasteiger partial charge < -0.3 is 14.6 Å².